The zero-order valence-electron chi connectivity index (χ0n) is 17.2. The second-order valence-electron chi connectivity index (χ2n) is 7.72. The molecule has 0 aliphatic carbocycles. The molecule has 0 saturated carbocycles. The Bertz CT molecular complexity index is 1000. The van der Waals surface area contributed by atoms with Gasteiger partial charge < -0.3 is 14.7 Å². The summed E-state index contributed by atoms with van der Waals surface area (Å²) >= 11 is 0. The average Bonchev–Trinajstić information content (AvgIpc) is 2.64. The molecule has 0 atom stereocenters. The Hall–Kier alpha value is -3.08. The lowest BCUT2D eigenvalue weighted by Gasteiger charge is -2.40. The minimum Gasteiger partial charge on any atom is -0.496 e. The third-order valence-electron chi connectivity index (χ3n) is 5.37. The van der Waals surface area contributed by atoms with E-state index < -0.39 is 5.97 Å². The van der Waals surface area contributed by atoms with Gasteiger partial charge in [-0.15, -0.1) is 0 Å². The standard InChI is InChI=1S/C23H26N2O3/c1-14-7-8-16(22(26)27)10-19(14)24-13-17-9-18-15(2)12-23(3,4)25(5)20(18)11-21(17)28-6/h7-13H,1-6H3,(H,26,27). The number of aryl methyl sites for hydroxylation is 1. The molecule has 0 unspecified atom stereocenters. The summed E-state index contributed by atoms with van der Waals surface area (Å²) in [6.45, 7) is 8.38. The molecule has 0 saturated heterocycles. The third kappa shape index (κ3) is 3.52. The van der Waals surface area contributed by atoms with E-state index in [0.29, 0.717) is 5.69 Å². The number of hydrogen-bond acceptors (Lipinski definition) is 4. The number of benzene rings is 2. The Kier molecular flexibility index (Phi) is 5.02. The van der Waals surface area contributed by atoms with E-state index in [1.807, 2.05) is 13.0 Å². The topological polar surface area (TPSA) is 62.1 Å². The Balaban J connectivity index is 2.07. The van der Waals surface area contributed by atoms with E-state index in [4.69, 9.17) is 4.74 Å². The number of methoxy groups -OCH3 is 1. The first-order chi connectivity index (χ1) is 13.1. The van der Waals surface area contributed by atoms with Gasteiger partial charge >= 0.3 is 5.97 Å². The molecule has 3 rings (SSSR count). The molecule has 5 nitrogen and oxygen atoms in total. The summed E-state index contributed by atoms with van der Waals surface area (Å²) < 4.78 is 5.61. The Labute approximate surface area is 166 Å². The average molecular weight is 378 g/mol. The number of carbonyl (C=O) groups is 1. The van der Waals surface area contributed by atoms with E-state index in [9.17, 15) is 9.90 Å². The Morgan fingerprint density at radius 3 is 2.57 bits per heavy atom. The number of allylic oxidation sites excluding steroid dienone is 1. The quantitative estimate of drug-likeness (QED) is 0.753. The van der Waals surface area contributed by atoms with Crippen LogP contribution in [0.3, 0.4) is 0 Å². The number of rotatable bonds is 4. The maximum Gasteiger partial charge on any atom is 0.335 e. The lowest BCUT2D eigenvalue weighted by molar-refractivity contribution is 0.0697. The van der Waals surface area contributed by atoms with Crippen LogP contribution in [0.25, 0.3) is 5.57 Å². The molecule has 5 heteroatoms. The number of nitrogens with zero attached hydrogens (tertiary/aromatic N) is 2. The largest absolute Gasteiger partial charge is 0.496 e. The fourth-order valence-corrected chi connectivity index (χ4v) is 3.49. The highest BCUT2D eigenvalue weighted by Crippen LogP contribution is 2.41. The van der Waals surface area contributed by atoms with Gasteiger partial charge in [0.15, 0.2) is 0 Å². The van der Waals surface area contributed by atoms with Crippen molar-refractivity contribution < 1.29 is 14.6 Å². The molecule has 0 radical (unpaired) electrons. The molecule has 0 fully saturated rings. The maximum atomic E-state index is 11.2. The van der Waals surface area contributed by atoms with Gasteiger partial charge in [-0.2, -0.15) is 0 Å². The van der Waals surface area contributed by atoms with Crippen molar-refractivity contribution in [1.29, 1.82) is 0 Å². The van der Waals surface area contributed by atoms with Crippen molar-refractivity contribution in [3.8, 4) is 5.75 Å². The van der Waals surface area contributed by atoms with Crippen LogP contribution in [-0.2, 0) is 0 Å². The van der Waals surface area contributed by atoms with Gasteiger partial charge in [-0.3, -0.25) is 4.99 Å². The highest BCUT2D eigenvalue weighted by Gasteiger charge is 2.29. The van der Waals surface area contributed by atoms with E-state index in [1.165, 1.54) is 5.57 Å². The summed E-state index contributed by atoms with van der Waals surface area (Å²) in [5.74, 6) is -0.235. The second kappa shape index (κ2) is 7.15. The van der Waals surface area contributed by atoms with Crippen LogP contribution in [0.2, 0.25) is 0 Å². The molecule has 1 aliphatic heterocycles. The van der Waals surface area contributed by atoms with Crippen LogP contribution in [0, 0.1) is 6.92 Å². The van der Waals surface area contributed by atoms with Gasteiger partial charge in [-0.1, -0.05) is 12.1 Å². The lowest BCUT2D eigenvalue weighted by Crippen LogP contribution is -2.42. The number of ether oxygens (including phenoxy) is 1. The summed E-state index contributed by atoms with van der Waals surface area (Å²) in [5.41, 5.74) is 6.00. The normalized spacial score (nSPS) is 15.4. The van der Waals surface area contributed by atoms with Crippen molar-refractivity contribution in [3.63, 3.8) is 0 Å². The first kappa shape index (κ1) is 19.7. The van der Waals surface area contributed by atoms with E-state index in [-0.39, 0.29) is 11.1 Å². The van der Waals surface area contributed by atoms with Gasteiger partial charge in [-0.25, -0.2) is 4.79 Å². The molecule has 0 bridgehead atoms. The molecular formula is C23H26N2O3. The Morgan fingerprint density at radius 2 is 1.93 bits per heavy atom. The van der Waals surface area contributed by atoms with Crippen molar-refractivity contribution in [2.45, 2.75) is 33.2 Å². The summed E-state index contributed by atoms with van der Waals surface area (Å²) in [5, 5.41) is 9.21. The number of likely N-dealkylation sites (N-methyl/N-ethyl adjacent to an activating group) is 1. The smallest absolute Gasteiger partial charge is 0.335 e. The molecular weight excluding hydrogens is 352 g/mol. The van der Waals surface area contributed by atoms with Crippen LogP contribution in [0.1, 0.15) is 47.8 Å². The maximum absolute atomic E-state index is 11.2. The van der Waals surface area contributed by atoms with Crippen LogP contribution < -0.4 is 9.64 Å². The van der Waals surface area contributed by atoms with Gasteiger partial charge in [0, 0.05) is 36.1 Å². The van der Waals surface area contributed by atoms with Gasteiger partial charge in [-0.05, 0) is 57.0 Å². The number of anilines is 1. The molecule has 146 valence electrons. The number of carboxylic acid groups (broad SMARTS) is 1. The monoisotopic (exact) mass is 378 g/mol. The van der Waals surface area contributed by atoms with Crippen LogP contribution in [0.15, 0.2) is 41.4 Å². The summed E-state index contributed by atoms with van der Waals surface area (Å²) in [6, 6.07) is 9.05. The minimum absolute atomic E-state index is 0.0773. The molecule has 1 aliphatic rings. The molecule has 2 aromatic rings. The predicted octanol–water partition coefficient (Wildman–Crippen LogP) is 5.08. The van der Waals surface area contributed by atoms with Crippen molar-refractivity contribution in [1.82, 2.24) is 0 Å². The second-order valence-corrected chi connectivity index (χ2v) is 7.72. The molecule has 0 amide bonds. The van der Waals surface area contributed by atoms with Crippen molar-refractivity contribution >= 4 is 29.1 Å². The van der Waals surface area contributed by atoms with E-state index in [0.717, 1.165) is 28.1 Å². The zero-order valence-corrected chi connectivity index (χ0v) is 17.2. The van der Waals surface area contributed by atoms with Crippen LogP contribution in [0.5, 0.6) is 5.75 Å². The summed E-state index contributed by atoms with van der Waals surface area (Å²) in [6.07, 6.45) is 3.99. The predicted molar refractivity (Wildman–Crippen MR) is 115 cm³/mol. The summed E-state index contributed by atoms with van der Waals surface area (Å²) in [4.78, 5) is 18.0. The summed E-state index contributed by atoms with van der Waals surface area (Å²) in [7, 11) is 3.72. The number of aliphatic imine (C=N–C) groups is 1. The van der Waals surface area contributed by atoms with Gasteiger partial charge in [0.05, 0.1) is 23.9 Å². The van der Waals surface area contributed by atoms with E-state index in [2.05, 4.69) is 49.9 Å². The highest BCUT2D eigenvalue weighted by atomic mass is 16.5. The van der Waals surface area contributed by atoms with Crippen LogP contribution >= 0.6 is 0 Å². The fourth-order valence-electron chi connectivity index (χ4n) is 3.49. The molecule has 28 heavy (non-hydrogen) atoms. The lowest BCUT2D eigenvalue weighted by atomic mass is 9.88. The number of fused-ring (bicyclic) bond motifs is 1. The molecule has 0 aromatic heterocycles. The van der Waals surface area contributed by atoms with Gasteiger partial charge in [0.25, 0.3) is 0 Å². The van der Waals surface area contributed by atoms with E-state index in [1.54, 1.807) is 31.5 Å². The number of hydrogen-bond donors (Lipinski definition) is 1. The van der Waals surface area contributed by atoms with Crippen molar-refractivity contribution in [2.24, 2.45) is 4.99 Å². The van der Waals surface area contributed by atoms with E-state index >= 15 is 0 Å². The number of aromatic carboxylic acids is 1. The third-order valence-corrected chi connectivity index (χ3v) is 5.37. The first-order valence-electron chi connectivity index (χ1n) is 9.18. The number of carboxylic acids is 1. The first-order valence-corrected chi connectivity index (χ1v) is 9.18. The van der Waals surface area contributed by atoms with Gasteiger partial charge in [0.1, 0.15) is 5.75 Å². The minimum atomic E-state index is -0.964. The molecule has 2 aromatic carbocycles. The molecule has 1 heterocycles. The molecule has 0 spiro atoms. The highest BCUT2D eigenvalue weighted by molar-refractivity contribution is 5.93. The zero-order chi connectivity index (χ0) is 20.6. The Morgan fingerprint density at radius 1 is 1.21 bits per heavy atom. The van der Waals surface area contributed by atoms with Crippen LogP contribution in [0.4, 0.5) is 11.4 Å². The van der Waals surface area contributed by atoms with Crippen LogP contribution in [-0.4, -0.2) is 37.0 Å². The fraction of sp³-hybridized carbons (Fsp3) is 0.304. The SMILES string of the molecule is COc1cc2c(cc1C=Nc1cc(C(=O)O)ccc1C)C(C)=CC(C)(C)N2C. The van der Waals surface area contributed by atoms with Gasteiger partial charge in [0.2, 0.25) is 0 Å². The van der Waals surface area contributed by atoms with Crippen molar-refractivity contribution in [3.05, 3.63) is 58.7 Å². The molecule has 1 N–H and O–H groups in total. The van der Waals surface area contributed by atoms with Crippen molar-refractivity contribution in [2.75, 3.05) is 19.1 Å².